The first-order valence-corrected chi connectivity index (χ1v) is 7.11. The summed E-state index contributed by atoms with van der Waals surface area (Å²) in [6.45, 7) is 1.52. The van der Waals surface area contributed by atoms with E-state index in [2.05, 4.69) is 14.9 Å². The first-order valence-electron chi connectivity index (χ1n) is 5.63. The molecule has 0 aliphatic heterocycles. The minimum atomic E-state index is -3.98. The van der Waals surface area contributed by atoms with Crippen molar-refractivity contribution in [1.82, 2.24) is 14.9 Å². The number of H-pyrrole nitrogens is 1. The Kier molecular flexibility index (Phi) is 3.81. The highest BCUT2D eigenvalue weighted by atomic mass is 32.2. The van der Waals surface area contributed by atoms with Gasteiger partial charge in [0, 0.05) is 24.4 Å². The summed E-state index contributed by atoms with van der Waals surface area (Å²) in [6, 6.07) is 4.13. The predicted molar refractivity (Wildman–Crippen MR) is 70.4 cm³/mol. The summed E-state index contributed by atoms with van der Waals surface area (Å²) in [5.41, 5.74) is 0.508. The number of hydrogen-bond acceptors (Lipinski definition) is 5. The summed E-state index contributed by atoms with van der Waals surface area (Å²) in [6.07, 6.45) is 3.00. The van der Waals surface area contributed by atoms with Crippen LogP contribution < -0.4 is 4.72 Å². The third-order valence-electron chi connectivity index (χ3n) is 2.68. The quantitative estimate of drug-likeness (QED) is 0.632. The van der Waals surface area contributed by atoms with Gasteiger partial charge in [0.1, 0.15) is 0 Å². The van der Waals surface area contributed by atoms with Gasteiger partial charge in [-0.3, -0.25) is 15.2 Å². The molecule has 8 nitrogen and oxygen atoms in total. The van der Waals surface area contributed by atoms with Crippen LogP contribution in [0.4, 0.5) is 5.69 Å². The van der Waals surface area contributed by atoms with Gasteiger partial charge in [-0.25, -0.2) is 13.1 Å². The third-order valence-corrected chi connectivity index (χ3v) is 4.27. The second-order valence-corrected chi connectivity index (χ2v) is 5.82. The summed E-state index contributed by atoms with van der Waals surface area (Å²) in [5.74, 6) is 0. The Bertz CT molecular complexity index is 725. The minimum Gasteiger partial charge on any atom is -0.285 e. The van der Waals surface area contributed by atoms with Crippen LogP contribution in [0.1, 0.15) is 11.1 Å². The van der Waals surface area contributed by atoms with Crippen LogP contribution in [-0.2, 0) is 16.6 Å². The number of hydrogen-bond donors (Lipinski definition) is 2. The van der Waals surface area contributed by atoms with Crippen molar-refractivity contribution in [3.05, 3.63) is 51.8 Å². The second-order valence-electron chi connectivity index (χ2n) is 4.11. The van der Waals surface area contributed by atoms with Gasteiger partial charge in [-0.1, -0.05) is 12.1 Å². The van der Waals surface area contributed by atoms with Gasteiger partial charge in [0.15, 0.2) is 4.90 Å². The van der Waals surface area contributed by atoms with Gasteiger partial charge in [-0.05, 0) is 12.5 Å². The van der Waals surface area contributed by atoms with Crippen molar-refractivity contribution in [2.75, 3.05) is 0 Å². The minimum absolute atomic E-state index is 0.00429. The van der Waals surface area contributed by atoms with E-state index in [1.807, 2.05) is 0 Å². The van der Waals surface area contributed by atoms with Crippen LogP contribution in [0.2, 0.25) is 0 Å². The highest BCUT2D eigenvalue weighted by Crippen LogP contribution is 2.26. The Hall–Kier alpha value is -2.26. The Morgan fingerprint density at radius 1 is 1.45 bits per heavy atom. The summed E-state index contributed by atoms with van der Waals surface area (Å²) in [4.78, 5) is 9.93. The maximum Gasteiger partial charge on any atom is 0.289 e. The van der Waals surface area contributed by atoms with Crippen molar-refractivity contribution in [3.63, 3.8) is 0 Å². The molecule has 0 saturated carbocycles. The van der Waals surface area contributed by atoms with Gasteiger partial charge >= 0.3 is 0 Å². The molecule has 0 radical (unpaired) electrons. The molecule has 9 heteroatoms. The van der Waals surface area contributed by atoms with E-state index in [4.69, 9.17) is 0 Å². The van der Waals surface area contributed by atoms with Crippen molar-refractivity contribution < 1.29 is 13.3 Å². The van der Waals surface area contributed by atoms with Crippen molar-refractivity contribution in [2.24, 2.45) is 0 Å². The zero-order valence-corrected chi connectivity index (χ0v) is 11.3. The average Bonchev–Trinajstić information content (AvgIpc) is 2.89. The molecule has 0 atom stereocenters. The van der Waals surface area contributed by atoms with Crippen molar-refractivity contribution in [3.8, 4) is 0 Å². The molecule has 0 amide bonds. The molecule has 2 rings (SSSR count). The molecule has 0 unspecified atom stereocenters. The summed E-state index contributed by atoms with van der Waals surface area (Å²) < 4.78 is 26.8. The topological polar surface area (TPSA) is 118 Å². The van der Waals surface area contributed by atoms with E-state index in [-0.39, 0.29) is 11.4 Å². The molecule has 1 aromatic heterocycles. The number of nitro groups is 1. The summed E-state index contributed by atoms with van der Waals surface area (Å²) in [5, 5.41) is 17.2. The number of nitro benzene ring substituents is 1. The molecular weight excluding hydrogens is 284 g/mol. The fourth-order valence-corrected chi connectivity index (χ4v) is 3.17. The lowest BCUT2D eigenvalue weighted by molar-refractivity contribution is -0.387. The van der Waals surface area contributed by atoms with Crippen LogP contribution in [0, 0.1) is 17.0 Å². The Morgan fingerprint density at radius 2 is 2.20 bits per heavy atom. The van der Waals surface area contributed by atoms with Gasteiger partial charge in [-0.2, -0.15) is 5.10 Å². The zero-order valence-electron chi connectivity index (χ0n) is 10.5. The lowest BCUT2D eigenvalue weighted by Crippen LogP contribution is -2.24. The van der Waals surface area contributed by atoms with E-state index < -0.39 is 20.6 Å². The van der Waals surface area contributed by atoms with Crippen molar-refractivity contribution in [2.45, 2.75) is 18.4 Å². The maximum atomic E-state index is 12.2. The number of aryl methyl sites for hydroxylation is 1. The van der Waals surface area contributed by atoms with Gasteiger partial charge in [0.05, 0.1) is 11.1 Å². The fraction of sp³-hybridized carbons (Fsp3) is 0.182. The molecule has 0 fully saturated rings. The van der Waals surface area contributed by atoms with Gasteiger partial charge in [-0.15, -0.1) is 0 Å². The lowest BCUT2D eigenvalue weighted by Gasteiger charge is -2.08. The summed E-state index contributed by atoms with van der Waals surface area (Å²) in [7, 11) is -3.98. The second kappa shape index (κ2) is 5.39. The van der Waals surface area contributed by atoms with Crippen LogP contribution in [0.3, 0.4) is 0 Å². The highest BCUT2D eigenvalue weighted by molar-refractivity contribution is 7.89. The lowest BCUT2D eigenvalue weighted by atomic mass is 10.2. The molecule has 0 bridgehead atoms. The Balaban J connectivity index is 2.36. The standard InChI is InChI=1S/C11H12N4O4S/c1-8-3-2-4-10(15(16)17)11(8)20(18,19)14-7-9-5-12-13-6-9/h2-6,14H,7H2,1H3,(H,12,13). The van der Waals surface area contributed by atoms with Crippen LogP contribution in [-0.4, -0.2) is 23.5 Å². The van der Waals surface area contributed by atoms with E-state index in [0.717, 1.165) is 0 Å². The highest BCUT2D eigenvalue weighted by Gasteiger charge is 2.27. The SMILES string of the molecule is Cc1cccc([N+](=O)[O-])c1S(=O)(=O)NCc1cn[nH]c1. The van der Waals surface area contributed by atoms with Gasteiger partial charge < -0.3 is 0 Å². The number of aromatic nitrogens is 2. The molecule has 0 saturated heterocycles. The van der Waals surface area contributed by atoms with E-state index >= 15 is 0 Å². The molecule has 2 N–H and O–H groups in total. The monoisotopic (exact) mass is 296 g/mol. The molecule has 20 heavy (non-hydrogen) atoms. The molecule has 0 aliphatic carbocycles. The Labute approximate surface area is 115 Å². The number of sulfonamides is 1. The summed E-state index contributed by atoms with van der Waals surface area (Å²) >= 11 is 0. The predicted octanol–water partition coefficient (Wildman–Crippen LogP) is 1.10. The number of rotatable bonds is 5. The van der Waals surface area contributed by atoms with Crippen LogP contribution >= 0.6 is 0 Å². The normalized spacial score (nSPS) is 11.4. The molecule has 1 heterocycles. The molecule has 2 aromatic rings. The fourth-order valence-electron chi connectivity index (χ4n) is 1.76. The van der Waals surface area contributed by atoms with E-state index in [9.17, 15) is 18.5 Å². The van der Waals surface area contributed by atoms with Crippen molar-refractivity contribution >= 4 is 15.7 Å². The largest absolute Gasteiger partial charge is 0.289 e. The molecule has 0 aliphatic rings. The molecule has 106 valence electrons. The first-order chi connectivity index (χ1) is 9.42. The maximum absolute atomic E-state index is 12.2. The Morgan fingerprint density at radius 3 is 2.80 bits per heavy atom. The smallest absolute Gasteiger partial charge is 0.285 e. The molecule has 1 aromatic carbocycles. The number of benzene rings is 1. The number of nitrogens with zero attached hydrogens (tertiary/aromatic N) is 2. The molecule has 0 spiro atoms. The zero-order chi connectivity index (χ0) is 14.8. The first kappa shape index (κ1) is 14.2. The van der Waals surface area contributed by atoms with Crippen LogP contribution in [0.25, 0.3) is 0 Å². The van der Waals surface area contributed by atoms with Gasteiger partial charge in [0.25, 0.3) is 5.69 Å². The third kappa shape index (κ3) is 2.83. The van der Waals surface area contributed by atoms with Gasteiger partial charge in [0.2, 0.25) is 10.0 Å². The molecular formula is C11H12N4O4S. The van der Waals surface area contributed by atoms with E-state index in [0.29, 0.717) is 11.1 Å². The van der Waals surface area contributed by atoms with E-state index in [1.165, 1.54) is 37.5 Å². The van der Waals surface area contributed by atoms with Crippen molar-refractivity contribution in [1.29, 1.82) is 0 Å². The number of nitrogens with one attached hydrogen (secondary N) is 2. The average molecular weight is 296 g/mol. The number of aromatic amines is 1. The van der Waals surface area contributed by atoms with Crippen LogP contribution in [0.5, 0.6) is 0 Å². The van der Waals surface area contributed by atoms with Crippen LogP contribution in [0.15, 0.2) is 35.5 Å². The van der Waals surface area contributed by atoms with E-state index in [1.54, 1.807) is 0 Å².